The van der Waals surface area contributed by atoms with Gasteiger partial charge in [0.15, 0.2) is 0 Å². The molecule has 2 aromatic carbocycles. The monoisotopic (exact) mass is 475 g/mol. The fourth-order valence-electron chi connectivity index (χ4n) is 5.01. The van der Waals surface area contributed by atoms with Crippen molar-refractivity contribution < 1.29 is 19.4 Å². The van der Waals surface area contributed by atoms with Gasteiger partial charge in [-0.1, -0.05) is 53.0 Å². The molecule has 0 bridgehead atoms. The van der Waals surface area contributed by atoms with E-state index in [9.17, 15) is 14.7 Å². The normalized spacial score (nSPS) is 15.7. The first-order valence-corrected chi connectivity index (χ1v) is 12.9. The molecule has 5 heteroatoms. The molecule has 1 aliphatic carbocycles. The third-order valence-corrected chi connectivity index (χ3v) is 7.15. The number of carbonyl (C=O) groups is 2. The summed E-state index contributed by atoms with van der Waals surface area (Å²) < 4.78 is 7.66. The van der Waals surface area contributed by atoms with Gasteiger partial charge in [-0.25, -0.2) is 0 Å². The van der Waals surface area contributed by atoms with Crippen LogP contribution in [0.4, 0.5) is 0 Å². The molecule has 5 nitrogen and oxygen atoms in total. The van der Waals surface area contributed by atoms with Gasteiger partial charge in [0, 0.05) is 16.6 Å². The number of hydrogen-bond acceptors (Lipinski definition) is 3. The Balaban J connectivity index is 1.67. The van der Waals surface area contributed by atoms with Crippen molar-refractivity contribution >= 4 is 22.8 Å². The molecular weight excluding hydrogens is 438 g/mol. The van der Waals surface area contributed by atoms with E-state index in [1.165, 1.54) is 24.8 Å². The van der Waals surface area contributed by atoms with Crippen LogP contribution >= 0.6 is 0 Å². The van der Waals surface area contributed by atoms with Gasteiger partial charge in [0.05, 0.1) is 18.0 Å². The number of carboxylic acid groups (broad SMARTS) is 1. The molecule has 0 saturated carbocycles. The van der Waals surface area contributed by atoms with Crippen LogP contribution in [0.15, 0.2) is 42.5 Å². The van der Waals surface area contributed by atoms with Crippen LogP contribution in [-0.2, 0) is 23.1 Å². The van der Waals surface area contributed by atoms with Crippen molar-refractivity contribution in [1.29, 1.82) is 0 Å². The summed E-state index contributed by atoms with van der Waals surface area (Å²) in [6.07, 6.45) is 6.20. The standard InChI is InChI=1S/C30H37NO4/c1-5-6-7-8-17-35-23-13-9-20(10-14-23)28(32)31-26-15-11-21(29(33)34)18-24(26)25-19-22(30(2,3)4)12-16-27(25)31/h9-10,12-14,16,19,21H,5-8,11,15,17-18H2,1-4H3,(H,33,34). The third-order valence-electron chi connectivity index (χ3n) is 7.15. The van der Waals surface area contributed by atoms with Gasteiger partial charge >= 0.3 is 5.97 Å². The molecule has 0 radical (unpaired) electrons. The van der Waals surface area contributed by atoms with Gasteiger partial charge in [0.25, 0.3) is 5.91 Å². The van der Waals surface area contributed by atoms with E-state index >= 15 is 0 Å². The van der Waals surface area contributed by atoms with Gasteiger partial charge in [-0.05, 0) is 78.6 Å². The highest BCUT2D eigenvalue weighted by atomic mass is 16.5. The Morgan fingerprint density at radius 2 is 1.80 bits per heavy atom. The smallest absolute Gasteiger partial charge is 0.306 e. The number of unbranched alkanes of at least 4 members (excludes halogenated alkanes) is 3. The molecular formula is C30H37NO4. The van der Waals surface area contributed by atoms with Gasteiger partial charge in [-0.2, -0.15) is 0 Å². The number of benzene rings is 2. The lowest BCUT2D eigenvalue weighted by Gasteiger charge is -2.21. The van der Waals surface area contributed by atoms with Gasteiger partial charge in [-0.3, -0.25) is 14.2 Å². The molecule has 1 heterocycles. The quantitative estimate of drug-likeness (QED) is 0.365. The Kier molecular flexibility index (Phi) is 7.34. The Labute approximate surface area is 208 Å². The maximum Gasteiger partial charge on any atom is 0.306 e. The molecule has 35 heavy (non-hydrogen) atoms. The van der Waals surface area contributed by atoms with E-state index < -0.39 is 11.9 Å². The van der Waals surface area contributed by atoms with E-state index in [4.69, 9.17) is 4.74 Å². The summed E-state index contributed by atoms with van der Waals surface area (Å²) >= 11 is 0. The van der Waals surface area contributed by atoms with E-state index in [-0.39, 0.29) is 11.3 Å². The highest BCUT2D eigenvalue weighted by molar-refractivity contribution is 6.04. The lowest BCUT2D eigenvalue weighted by molar-refractivity contribution is -0.142. The topological polar surface area (TPSA) is 68.5 Å². The SMILES string of the molecule is CCCCCCOc1ccc(C(=O)n2c3c(c4cc(C(C)(C)C)ccc42)CC(C(=O)O)CC3)cc1. The molecule has 1 aromatic heterocycles. The summed E-state index contributed by atoms with van der Waals surface area (Å²) in [5, 5.41) is 10.7. The van der Waals surface area contributed by atoms with Gasteiger partial charge in [0.2, 0.25) is 0 Å². The largest absolute Gasteiger partial charge is 0.494 e. The Morgan fingerprint density at radius 1 is 1.06 bits per heavy atom. The molecule has 0 saturated heterocycles. The summed E-state index contributed by atoms with van der Waals surface area (Å²) in [5.41, 5.74) is 4.55. The number of nitrogens with zero attached hydrogens (tertiary/aromatic N) is 1. The average molecular weight is 476 g/mol. The summed E-state index contributed by atoms with van der Waals surface area (Å²) in [4.78, 5) is 25.5. The van der Waals surface area contributed by atoms with Crippen LogP contribution in [0.1, 0.15) is 87.0 Å². The van der Waals surface area contributed by atoms with Crippen molar-refractivity contribution in [2.24, 2.45) is 5.92 Å². The zero-order valence-electron chi connectivity index (χ0n) is 21.4. The van der Waals surface area contributed by atoms with Gasteiger partial charge in [0.1, 0.15) is 5.75 Å². The second-order valence-electron chi connectivity index (χ2n) is 10.8. The number of carboxylic acids is 1. The first-order chi connectivity index (χ1) is 16.7. The average Bonchev–Trinajstić information content (AvgIpc) is 3.16. The van der Waals surface area contributed by atoms with Crippen LogP contribution in [0, 0.1) is 5.92 Å². The zero-order chi connectivity index (χ0) is 25.2. The van der Waals surface area contributed by atoms with Gasteiger partial charge in [-0.15, -0.1) is 0 Å². The van der Waals surface area contributed by atoms with E-state index in [0.29, 0.717) is 31.4 Å². The molecule has 3 aromatic rings. The van der Waals surface area contributed by atoms with Crippen molar-refractivity contribution in [2.75, 3.05) is 6.61 Å². The van der Waals surface area contributed by atoms with E-state index in [2.05, 4.69) is 39.8 Å². The Bertz CT molecular complexity index is 1210. The lowest BCUT2D eigenvalue weighted by atomic mass is 9.83. The minimum Gasteiger partial charge on any atom is -0.494 e. The maximum absolute atomic E-state index is 13.7. The summed E-state index contributed by atoms with van der Waals surface area (Å²) in [6, 6.07) is 13.6. The van der Waals surface area contributed by atoms with Crippen LogP contribution in [0.5, 0.6) is 5.75 Å². The fourth-order valence-corrected chi connectivity index (χ4v) is 5.01. The van der Waals surface area contributed by atoms with Crippen LogP contribution < -0.4 is 4.74 Å². The maximum atomic E-state index is 13.7. The van der Waals surface area contributed by atoms with Crippen molar-refractivity contribution in [3.05, 3.63) is 64.8 Å². The second kappa shape index (κ2) is 10.3. The number of ether oxygens (including phenoxy) is 1. The highest BCUT2D eigenvalue weighted by Gasteiger charge is 2.31. The molecule has 4 rings (SSSR count). The predicted octanol–water partition coefficient (Wildman–Crippen LogP) is 6.78. The van der Waals surface area contributed by atoms with Crippen LogP contribution in [-0.4, -0.2) is 28.2 Å². The number of aromatic nitrogens is 1. The first-order valence-electron chi connectivity index (χ1n) is 12.9. The van der Waals surface area contributed by atoms with E-state index in [0.717, 1.165) is 34.3 Å². The number of carbonyl (C=O) groups excluding carboxylic acids is 1. The Hall–Kier alpha value is -3.08. The fraction of sp³-hybridized carbons (Fsp3) is 0.467. The van der Waals surface area contributed by atoms with E-state index in [1.54, 1.807) is 0 Å². The number of rotatable bonds is 8. The molecule has 186 valence electrons. The summed E-state index contributed by atoms with van der Waals surface area (Å²) in [6.45, 7) is 9.36. The molecule has 0 amide bonds. The first kappa shape index (κ1) is 25.0. The van der Waals surface area contributed by atoms with Crippen LogP contribution in [0.2, 0.25) is 0 Å². The van der Waals surface area contributed by atoms with Crippen molar-refractivity contribution in [1.82, 2.24) is 4.57 Å². The Morgan fingerprint density at radius 3 is 2.46 bits per heavy atom. The minimum atomic E-state index is -0.764. The van der Waals surface area contributed by atoms with Gasteiger partial charge < -0.3 is 9.84 Å². The second-order valence-corrected chi connectivity index (χ2v) is 10.8. The molecule has 1 aliphatic rings. The van der Waals surface area contributed by atoms with E-state index in [1.807, 2.05) is 34.9 Å². The molecule has 0 fully saturated rings. The molecule has 1 unspecified atom stereocenters. The van der Waals surface area contributed by atoms with Crippen LogP contribution in [0.3, 0.4) is 0 Å². The molecule has 0 spiro atoms. The summed E-state index contributed by atoms with van der Waals surface area (Å²) in [5.74, 6) is -0.483. The highest BCUT2D eigenvalue weighted by Crippen LogP contribution is 2.37. The predicted molar refractivity (Wildman–Crippen MR) is 140 cm³/mol. The zero-order valence-corrected chi connectivity index (χ0v) is 21.4. The van der Waals surface area contributed by atoms with Crippen molar-refractivity contribution in [3.8, 4) is 5.75 Å². The van der Waals surface area contributed by atoms with Crippen molar-refractivity contribution in [3.63, 3.8) is 0 Å². The number of fused-ring (bicyclic) bond motifs is 3. The minimum absolute atomic E-state index is 0.0413. The number of aliphatic carboxylic acids is 1. The lowest BCUT2D eigenvalue weighted by Crippen LogP contribution is -2.24. The van der Waals surface area contributed by atoms with Crippen LogP contribution in [0.25, 0.3) is 10.9 Å². The third kappa shape index (κ3) is 5.29. The molecule has 1 atom stereocenters. The molecule has 0 aliphatic heterocycles. The molecule has 1 N–H and O–H groups in total. The van der Waals surface area contributed by atoms with Crippen molar-refractivity contribution in [2.45, 2.75) is 78.1 Å². The summed E-state index contributed by atoms with van der Waals surface area (Å²) in [7, 11) is 0. The number of hydrogen-bond donors (Lipinski definition) is 1.